The minimum absolute atomic E-state index is 0.217. The molecular weight excluding hydrogens is 262 g/mol. The fraction of sp³-hybridized carbons (Fsp3) is 0.300. The van der Waals surface area contributed by atoms with Crippen LogP contribution in [0.4, 0.5) is 11.4 Å². The molecule has 0 spiro atoms. The Morgan fingerprint density at radius 2 is 2.24 bits per heavy atom. The Hall–Kier alpha value is -1.45. The first-order valence-electron chi connectivity index (χ1n) is 4.87. The van der Waals surface area contributed by atoms with Gasteiger partial charge in [0, 0.05) is 0 Å². The molecule has 0 aliphatic heterocycles. The largest absolute Gasteiger partial charge is 0.397 e. The minimum atomic E-state index is -3.71. The molecule has 0 radical (unpaired) electrons. The summed E-state index contributed by atoms with van der Waals surface area (Å²) in [5.41, 5.74) is 6.12. The van der Waals surface area contributed by atoms with E-state index in [0.717, 1.165) is 0 Å². The summed E-state index contributed by atoms with van der Waals surface area (Å²) in [6.07, 6.45) is 0.217. The van der Waals surface area contributed by atoms with Crippen LogP contribution in [0.3, 0.4) is 0 Å². The number of anilines is 2. The van der Waals surface area contributed by atoms with Crippen LogP contribution in [-0.2, 0) is 10.0 Å². The smallest absolute Gasteiger partial charge is 0.249 e. The number of rotatable bonds is 4. The monoisotopic (exact) mass is 273 g/mol. The van der Waals surface area contributed by atoms with E-state index in [9.17, 15) is 8.42 Å². The Bertz CT molecular complexity index is 551. The number of sulfonamides is 1. The van der Waals surface area contributed by atoms with E-state index in [1.807, 2.05) is 0 Å². The van der Waals surface area contributed by atoms with Gasteiger partial charge in [-0.25, -0.2) is 8.42 Å². The molecule has 17 heavy (non-hydrogen) atoms. The fourth-order valence-corrected chi connectivity index (χ4v) is 2.52. The molecule has 1 unspecified atom stereocenters. The third-order valence-corrected chi connectivity index (χ3v) is 4.20. The Kier molecular flexibility index (Phi) is 4.21. The molecule has 0 aliphatic carbocycles. The number of nitrogens with one attached hydrogen (secondary N) is 1. The first-order valence-corrected chi connectivity index (χ1v) is 6.79. The van der Waals surface area contributed by atoms with Crippen LogP contribution in [0.1, 0.15) is 13.3 Å². The number of nitrogens with zero attached hydrogens (tertiary/aromatic N) is 1. The second kappa shape index (κ2) is 5.25. The van der Waals surface area contributed by atoms with Crippen LogP contribution in [0.5, 0.6) is 0 Å². The molecule has 0 bridgehead atoms. The minimum Gasteiger partial charge on any atom is -0.397 e. The van der Waals surface area contributed by atoms with E-state index in [1.54, 1.807) is 13.0 Å². The van der Waals surface area contributed by atoms with Crippen LogP contribution in [0.2, 0.25) is 5.02 Å². The van der Waals surface area contributed by atoms with Gasteiger partial charge in [0.25, 0.3) is 0 Å². The SMILES string of the molecule is CCC(C#N)S(=O)(=O)Nc1ccc(Cl)c(N)c1. The van der Waals surface area contributed by atoms with Gasteiger partial charge in [-0.05, 0) is 24.6 Å². The van der Waals surface area contributed by atoms with Gasteiger partial charge < -0.3 is 5.73 Å². The Morgan fingerprint density at radius 1 is 1.59 bits per heavy atom. The van der Waals surface area contributed by atoms with Gasteiger partial charge in [-0.1, -0.05) is 18.5 Å². The molecule has 1 aromatic rings. The Morgan fingerprint density at radius 3 is 2.71 bits per heavy atom. The van der Waals surface area contributed by atoms with Crippen molar-refractivity contribution in [2.24, 2.45) is 0 Å². The molecule has 5 nitrogen and oxygen atoms in total. The van der Waals surface area contributed by atoms with Crippen molar-refractivity contribution in [3.05, 3.63) is 23.2 Å². The van der Waals surface area contributed by atoms with E-state index in [-0.39, 0.29) is 12.1 Å². The number of hydrogen-bond donors (Lipinski definition) is 2. The average Bonchev–Trinajstić information content (AvgIpc) is 2.24. The summed E-state index contributed by atoms with van der Waals surface area (Å²) >= 11 is 5.71. The second-order valence-corrected chi connectivity index (χ2v) is 5.68. The lowest BCUT2D eigenvalue weighted by Gasteiger charge is -2.11. The fourth-order valence-electron chi connectivity index (χ4n) is 1.22. The van der Waals surface area contributed by atoms with Crippen LogP contribution in [0.25, 0.3) is 0 Å². The summed E-state index contributed by atoms with van der Waals surface area (Å²) in [5.74, 6) is 0. The number of nitrogens with two attached hydrogens (primary N) is 1. The number of hydrogen-bond acceptors (Lipinski definition) is 4. The van der Waals surface area contributed by atoms with Crippen LogP contribution in [-0.4, -0.2) is 13.7 Å². The zero-order valence-electron chi connectivity index (χ0n) is 9.14. The molecule has 0 amide bonds. The summed E-state index contributed by atoms with van der Waals surface area (Å²) in [4.78, 5) is 0. The first kappa shape index (κ1) is 13.6. The molecule has 1 atom stereocenters. The third-order valence-electron chi connectivity index (χ3n) is 2.15. The molecule has 0 fully saturated rings. The molecule has 92 valence electrons. The highest BCUT2D eigenvalue weighted by molar-refractivity contribution is 7.93. The molecule has 3 N–H and O–H groups in total. The van der Waals surface area contributed by atoms with E-state index in [2.05, 4.69) is 4.72 Å². The van der Waals surface area contributed by atoms with Gasteiger partial charge in [-0.15, -0.1) is 0 Å². The van der Waals surface area contributed by atoms with E-state index in [4.69, 9.17) is 22.6 Å². The van der Waals surface area contributed by atoms with Crippen molar-refractivity contribution in [1.82, 2.24) is 0 Å². The van der Waals surface area contributed by atoms with Crippen molar-refractivity contribution in [3.63, 3.8) is 0 Å². The molecule has 0 saturated carbocycles. The Labute approximate surface area is 105 Å². The van der Waals surface area contributed by atoms with Crippen LogP contribution in [0, 0.1) is 11.3 Å². The summed E-state index contributed by atoms with van der Waals surface area (Å²) in [6.45, 7) is 1.63. The van der Waals surface area contributed by atoms with E-state index in [1.165, 1.54) is 18.2 Å². The van der Waals surface area contributed by atoms with E-state index >= 15 is 0 Å². The van der Waals surface area contributed by atoms with Crippen molar-refractivity contribution >= 4 is 33.0 Å². The normalized spacial score (nSPS) is 12.8. The maximum Gasteiger partial charge on any atom is 0.249 e. The van der Waals surface area contributed by atoms with Gasteiger partial charge in [0.1, 0.15) is 0 Å². The van der Waals surface area contributed by atoms with Gasteiger partial charge in [0.2, 0.25) is 10.0 Å². The predicted octanol–water partition coefficient (Wildman–Crippen LogP) is 1.97. The van der Waals surface area contributed by atoms with E-state index in [0.29, 0.717) is 10.7 Å². The lowest BCUT2D eigenvalue weighted by Crippen LogP contribution is -2.25. The summed E-state index contributed by atoms with van der Waals surface area (Å²) < 4.78 is 25.8. The molecule has 0 heterocycles. The quantitative estimate of drug-likeness (QED) is 0.820. The van der Waals surface area contributed by atoms with Crippen LogP contribution < -0.4 is 10.5 Å². The van der Waals surface area contributed by atoms with Crippen molar-refractivity contribution < 1.29 is 8.42 Å². The van der Waals surface area contributed by atoms with Crippen LogP contribution >= 0.6 is 11.6 Å². The van der Waals surface area contributed by atoms with Gasteiger partial charge in [0.15, 0.2) is 5.25 Å². The number of halogens is 1. The van der Waals surface area contributed by atoms with Crippen molar-refractivity contribution in [2.45, 2.75) is 18.6 Å². The topological polar surface area (TPSA) is 96.0 Å². The summed E-state index contributed by atoms with van der Waals surface area (Å²) in [6, 6.07) is 6.11. The molecule has 7 heteroatoms. The lowest BCUT2D eigenvalue weighted by molar-refractivity contribution is 0.593. The zero-order valence-corrected chi connectivity index (χ0v) is 10.7. The van der Waals surface area contributed by atoms with Gasteiger partial charge in [0.05, 0.1) is 22.5 Å². The lowest BCUT2D eigenvalue weighted by atomic mass is 10.3. The molecular formula is C10H12ClN3O2S. The van der Waals surface area contributed by atoms with Gasteiger partial charge in [-0.3, -0.25) is 4.72 Å². The van der Waals surface area contributed by atoms with Crippen LogP contribution in [0.15, 0.2) is 18.2 Å². The average molecular weight is 274 g/mol. The summed E-state index contributed by atoms with van der Waals surface area (Å²) in [5, 5.41) is 7.99. The van der Waals surface area contributed by atoms with Crippen molar-refractivity contribution in [1.29, 1.82) is 5.26 Å². The maximum absolute atomic E-state index is 11.8. The molecule has 0 saturated heterocycles. The number of nitrogen functional groups attached to an aromatic ring is 1. The highest BCUT2D eigenvalue weighted by atomic mass is 35.5. The summed E-state index contributed by atoms with van der Waals surface area (Å²) in [7, 11) is -3.71. The predicted molar refractivity (Wildman–Crippen MR) is 68.1 cm³/mol. The highest BCUT2D eigenvalue weighted by Crippen LogP contribution is 2.23. The number of nitriles is 1. The number of benzene rings is 1. The first-order chi connectivity index (χ1) is 7.90. The second-order valence-electron chi connectivity index (χ2n) is 3.41. The zero-order chi connectivity index (χ0) is 13.1. The third kappa shape index (κ3) is 3.25. The molecule has 0 aliphatic rings. The van der Waals surface area contributed by atoms with Crippen molar-refractivity contribution in [2.75, 3.05) is 10.5 Å². The van der Waals surface area contributed by atoms with Gasteiger partial charge >= 0.3 is 0 Å². The highest BCUT2D eigenvalue weighted by Gasteiger charge is 2.23. The Balaban J connectivity index is 2.99. The molecule has 1 rings (SSSR count). The van der Waals surface area contributed by atoms with Crippen molar-refractivity contribution in [3.8, 4) is 6.07 Å². The molecule has 0 aromatic heterocycles. The molecule has 1 aromatic carbocycles. The van der Waals surface area contributed by atoms with E-state index < -0.39 is 15.3 Å². The standard InChI is InChI=1S/C10H12ClN3O2S/c1-2-8(6-12)17(15,16)14-7-3-4-9(11)10(13)5-7/h3-5,8,14H,2,13H2,1H3. The van der Waals surface area contributed by atoms with Gasteiger partial charge in [-0.2, -0.15) is 5.26 Å². The maximum atomic E-state index is 11.8.